The van der Waals surface area contributed by atoms with Crippen molar-refractivity contribution in [2.24, 2.45) is 0 Å². The van der Waals surface area contributed by atoms with Crippen LogP contribution in [0, 0.1) is 0 Å². The van der Waals surface area contributed by atoms with Crippen LogP contribution in [0.1, 0.15) is 53.9 Å². The molecule has 0 spiro atoms. The summed E-state index contributed by atoms with van der Waals surface area (Å²) < 4.78 is 12.2. The molecular weight excluding hydrogens is 544 g/mol. The summed E-state index contributed by atoms with van der Waals surface area (Å²) in [4.78, 5) is 64.7. The fourth-order valence-electron chi connectivity index (χ4n) is 4.37. The summed E-state index contributed by atoms with van der Waals surface area (Å²) >= 11 is 0. The van der Waals surface area contributed by atoms with Crippen LogP contribution in [-0.4, -0.2) is 57.0 Å². The Hall–Kier alpha value is -4.68. The number of carbonyl (C=O) groups excluding carboxylic acids is 4. The molecule has 3 aromatic rings. The maximum atomic E-state index is 12.7. The third kappa shape index (κ3) is 8.41. The highest BCUT2D eigenvalue weighted by molar-refractivity contribution is 6.03. The lowest BCUT2D eigenvalue weighted by Gasteiger charge is -2.16. The lowest BCUT2D eigenvalue weighted by atomic mass is 10.1. The van der Waals surface area contributed by atoms with E-state index in [9.17, 15) is 29.1 Å². The van der Waals surface area contributed by atoms with Gasteiger partial charge < -0.3 is 30.0 Å². The second-order valence-electron chi connectivity index (χ2n) is 9.87. The smallest absolute Gasteiger partial charge is 0.351 e. The van der Waals surface area contributed by atoms with E-state index in [4.69, 9.17) is 9.47 Å². The number of aliphatic hydroxyl groups excluding tert-OH is 1. The topological polar surface area (TPSA) is 166 Å². The molecule has 4 rings (SSSR count). The second kappa shape index (κ2) is 14.3. The van der Waals surface area contributed by atoms with E-state index >= 15 is 0 Å². The van der Waals surface area contributed by atoms with Crippen LogP contribution in [0.4, 0.5) is 5.82 Å². The Labute approximate surface area is 241 Å². The number of nitrogens with one attached hydrogen (secondary N) is 2. The Bertz CT molecular complexity index is 1470. The van der Waals surface area contributed by atoms with E-state index < -0.39 is 42.6 Å². The molecule has 0 bridgehead atoms. The second-order valence-corrected chi connectivity index (χ2v) is 9.87. The Balaban J connectivity index is 1.30. The van der Waals surface area contributed by atoms with Crippen molar-refractivity contribution in [2.75, 3.05) is 11.9 Å². The maximum absolute atomic E-state index is 12.7. The van der Waals surface area contributed by atoms with E-state index in [1.54, 1.807) is 24.3 Å². The number of ether oxygens (including phenoxy) is 2. The summed E-state index contributed by atoms with van der Waals surface area (Å²) in [6.45, 7) is 1.25. The van der Waals surface area contributed by atoms with E-state index in [0.717, 1.165) is 11.1 Å². The first-order chi connectivity index (χ1) is 20.2. The van der Waals surface area contributed by atoms with Gasteiger partial charge in [0.2, 0.25) is 5.91 Å². The number of amides is 2. The molecule has 1 unspecified atom stereocenters. The minimum atomic E-state index is -0.849. The van der Waals surface area contributed by atoms with Crippen molar-refractivity contribution >= 4 is 29.4 Å². The summed E-state index contributed by atoms with van der Waals surface area (Å²) in [6.07, 6.45) is -0.758. The minimum Gasteiger partial charge on any atom is -0.459 e. The zero-order valence-corrected chi connectivity index (χ0v) is 23.0. The summed E-state index contributed by atoms with van der Waals surface area (Å²) in [5.74, 6) is -1.30. The maximum Gasteiger partial charge on any atom is 0.351 e. The number of benzene rings is 2. The van der Waals surface area contributed by atoms with E-state index in [1.165, 1.54) is 23.8 Å². The highest BCUT2D eigenvalue weighted by atomic mass is 16.6. The quantitative estimate of drug-likeness (QED) is 0.273. The standard InChI is InChI=1S/C30H32N4O8/c1-19(36)7-12-28(38)42-23-16-27(41-24(23)18-35)34-14-13-25(33-30(34)40)32-29(39)22-10-8-21(9-11-22)17-31-26(37)15-20-5-3-2-4-6-20/h2-6,8-11,13-14,23-24,27,35H,7,12,15-18H2,1H3,(H,31,37)(H,32,33,39,40)/t23?,24-,27-/m1/s1. The van der Waals surface area contributed by atoms with Crippen LogP contribution in [0.2, 0.25) is 0 Å². The zero-order chi connectivity index (χ0) is 30.1. The zero-order valence-electron chi connectivity index (χ0n) is 23.0. The fourth-order valence-corrected chi connectivity index (χ4v) is 4.37. The minimum absolute atomic E-state index is 0.0300. The van der Waals surface area contributed by atoms with Crippen molar-refractivity contribution in [3.8, 4) is 0 Å². The molecular formula is C30H32N4O8. The van der Waals surface area contributed by atoms with Gasteiger partial charge in [-0.1, -0.05) is 42.5 Å². The lowest BCUT2D eigenvalue weighted by molar-refractivity contribution is -0.153. The number of anilines is 1. The molecule has 1 aromatic heterocycles. The predicted octanol–water partition coefficient (Wildman–Crippen LogP) is 1.92. The van der Waals surface area contributed by atoms with E-state index in [2.05, 4.69) is 15.6 Å². The molecule has 42 heavy (non-hydrogen) atoms. The molecule has 0 radical (unpaired) electrons. The third-order valence-electron chi connectivity index (χ3n) is 6.62. The number of hydrogen-bond acceptors (Lipinski definition) is 9. The van der Waals surface area contributed by atoms with Crippen LogP contribution in [-0.2, 0) is 36.8 Å². The normalized spacial score (nSPS) is 17.8. The van der Waals surface area contributed by atoms with Crippen molar-refractivity contribution in [3.05, 3.63) is 94.0 Å². The number of aliphatic hydroxyl groups is 1. The van der Waals surface area contributed by atoms with E-state index in [1.807, 2.05) is 30.3 Å². The number of rotatable bonds is 12. The SMILES string of the molecule is CC(=O)CCC(=O)OC1C[C@H](n2ccc(NC(=O)c3ccc(CNC(=O)Cc4ccccc4)cc3)nc2=O)O[C@@H]1CO. The molecule has 2 heterocycles. The molecule has 1 aliphatic rings. The highest BCUT2D eigenvalue weighted by Crippen LogP contribution is 2.30. The van der Waals surface area contributed by atoms with Gasteiger partial charge in [0.25, 0.3) is 5.91 Å². The number of nitrogens with zero attached hydrogens (tertiary/aromatic N) is 2. The van der Waals surface area contributed by atoms with Crippen LogP contribution < -0.4 is 16.3 Å². The monoisotopic (exact) mass is 576 g/mol. The number of Topliss-reactive ketones (excluding diaryl/α,β-unsaturated/α-hetero) is 1. The molecule has 12 heteroatoms. The molecule has 12 nitrogen and oxygen atoms in total. The average molecular weight is 577 g/mol. The predicted molar refractivity (Wildman–Crippen MR) is 150 cm³/mol. The van der Waals surface area contributed by atoms with Crippen LogP contribution >= 0.6 is 0 Å². The first kappa shape index (κ1) is 30.3. The lowest BCUT2D eigenvalue weighted by Crippen LogP contribution is -2.30. The van der Waals surface area contributed by atoms with Crippen molar-refractivity contribution < 1.29 is 33.8 Å². The van der Waals surface area contributed by atoms with Gasteiger partial charge in [0.15, 0.2) is 0 Å². The third-order valence-corrected chi connectivity index (χ3v) is 6.62. The number of esters is 1. The molecule has 2 amide bonds. The van der Waals surface area contributed by atoms with Gasteiger partial charge in [0.05, 0.1) is 19.4 Å². The number of hydrogen-bond donors (Lipinski definition) is 3. The highest BCUT2D eigenvalue weighted by Gasteiger charge is 2.39. The number of carbonyl (C=O) groups is 4. The van der Waals surface area contributed by atoms with Crippen LogP contribution in [0.5, 0.6) is 0 Å². The number of aromatic nitrogens is 2. The average Bonchev–Trinajstić information content (AvgIpc) is 3.38. The molecule has 1 fully saturated rings. The van der Waals surface area contributed by atoms with Crippen LogP contribution in [0.25, 0.3) is 0 Å². The molecule has 3 atom stereocenters. The first-order valence-corrected chi connectivity index (χ1v) is 13.5. The van der Waals surface area contributed by atoms with Crippen molar-refractivity contribution in [2.45, 2.75) is 57.6 Å². The Kier molecular flexibility index (Phi) is 10.3. The van der Waals surface area contributed by atoms with Gasteiger partial charge in [-0.15, -0.1) is 0 Å². The molecule has 2 aromatic carbocycles. The van der Waals surface area contributed by atoms with Gasteiger partial charge in [-0.2, -0.15) is 4.98 Å². The van der Waals surface area contributed by atoms with Gasteiger partial charge in [0, 0.05) is 31.1 Å². The first-order valence-electron chi connectivity index (χ1n) is 13.5. The van der Waals surface area contributed by atoms with Gasteiger partial charge in [-0.05, 0) is 36.2 Å². The van der Waals surface area contributed by atoms with Gasteiger partial charge in [-0.25, -0.2) is 4.79 Å². The van der Waals surface area contributed by atoms with Crippen molar-refractivity contribution in [1.29, 1.82) is 0 Å². The van der Waals surface area contributed by atoms with Gasteiger partial charge in [0.1, 0.15) is 30.0 Å². The Morgan fingerprint density at radius 3 is 2.43 bits per heavy atom. The largest absolute Gasteiger partial charge is 0.459 e. The summed E-state index contributed by atoms with van der Waals surface area (Å²) in [5.41, 5.74) is 1.36. The molecule has 220 valence electrons. The fraction of sp³-hybridized carbons (Fsp3) is 0.333. The van der Waals surface area contributed by atoms with Crippen molar-refractivity contribution in [1.82, 2.24) is 14.9 Å². The van der Waals surface area contributed by atoms with Crippen LogP contribution in [0.15, 0.2) is 71.7 Å². The summed E-state index contributed by atoms with van der Waals surface area (Å²) in [7, 11) is 0. The Morgan fingerprint density at radius 1 is 1.02 bits per heavy atom. The summed E-state index contributed by atoms with van der Waals surface area (Å²) in [5, 5.41) is 15.1. The molecule has 1 aliphatic heterocycles. The van der Waals surface area contributed by atoms with Gasteiger partial charge >= 0.3 is 11.7 Å². The van der Waals surface area contributed by atoms with Crippen LogP contribution in [0.3, 0.4) is 0 Å². The summed E-state index contributed by atoms with van der Waals surface area (Å²) in [6, 6.07) is 17.5. The van der Waals surface area contributed by atoms with E-state index in [0.29, 0.717) is 12.1 Å². The molecule has 3 N–H and O–H groups in total. The molecule has 0 saturated carbocycles. The Morgan fingerprint density at radius 2 is 1.76 bits per heavy atom. The molecule has 1 saturated heterocycles. The number of ketones is 1. The van der Waals surface area contributed by atoms with E-state index in [-0.39, 0.29) is 43.2 Å². The van der Waals surface area contributed by atoms with Crippen molar-refractivity contribution in [3.63, 3.8) is 0 Å². The molecule has 0 aliphatic carbocycles. The van der Waals surface area contributed by atoms with Gasteiger partial charge in [-0.3, -0.25) is 19.0 Å².